The van der Waals surface area contributed by atoms with Crippen LogP contribution in [-0.4, -0.2) is 26.9 Å². The third-order valence-electron chi connectivity index (χ3n) is 4.90. The highest BCUT2D eigenvalue weighted by molar-refractivity contribution is 5.60. The molecule has 0 unspecified atom stereocenters. The lowest BCUT2D eigenvalue weighted by Crippen LogP contribution is -2.03. The Balaban J connectivity index is 1.53. The molecule has 3 aromatic heterocycles. The van der Waals surface area contributed by atoms with Crippen LogP contribution in [0.15, 0.2) is 89.5 Å². The summed E-state index contributed by atoms with van der Waals surface area (Å²) >= 11 is 0. The van der Waals surface area contributed by atoms with Crippen LogP contribution in [0.5, 0.6) is 11.6 Å². The maximum absolute atomic E-state index is 13.8. The van der Waals surface area contributed by atoms with E-state index in [0.717, 1.165) is 5.56 Å². The lowest BCUT2D eigenvalue weighted by molar-refractivity contribution is 0.294. The molecule has 0 aliphatic rings. The normalized spacial score (nSPS) is 10.8. The van der Waals surface area contributed by atoms with E-state index in [-0.39, 0.29) is 0 Å². The highest BCUT2D eigenvalue weighted by atomic mass is 19.1. The molecule has 5 aromatic rings. The predicted octanol–water partition coefficient (Wildman–Crippen LogP) is 5.32. The average molecular weight is 442 g/mol. The monoisotopic (exact) mass is 442 g/mol. The summed E-state index contributed by atoms with van der Waals surface area (Å²) in [5, 5.41) is 4.63. The SMILES string of the molecule is COc1cc(F)ccc1-n1nc(-c2cccc(OCc3ccccc3)n2)nc1-c1ccco1. The molecular weight excluding hydrogens is 423 g/mol. The number of aromatic nitrogens is 4. The third kappa shape index (κ3) is 4.31. The van der Waals surface area contributed by atoms with Gasteiger partial charge in [0, 0.05) is 12.1 Å². The Kier molecular flexibility index (Phi) is 5.55. The maximum Gasteiger partial charge on any atom is 0.214 e. The smallest absolute Gasteiger partial charge is 0.214 e. The first-order valence-electron chi connectivity index (χ1n) is 10.2. The number of hydrogen-bond donors (Lipinski definition) is 0. The molecule has 0 N–H and O–H groups in total. The van der Waals surface area contributed by atoms with Gasteiger partial charge < -0.3 is 13.9 Å². The summed E-state index contributed by atoms with van der Waals surface area (Å²) in [4.78, 5) is 9.21. The van der Waals surface area contributed by atoms with E-state index in [4.69, 9.17) is 13.9 Å². The molecule has 0 amide bonds. The largest absolute Gasteiger partial charge is 0.494 e. The number of furan rings is 1. The number of methoxy groups -OCH3 is 1. The maximum atomic E-state index is 13.8. The fourth-order valence-electron chi connectivity index (χ4n) is 3.33. The van der Waals surface area contributed by atoms with E-state index in [1.165, 1.54) is 19.2 Å². The summed E-state index contributed by atoms with van der Waals surface area (Å²) in [6.07, 6.45) is 1.55. The molecule has 3 heterocycles. The van der Waals surface area contributed by atoms with E-state index >= 15 is 0 Å². The van der Waals surface area contributed by atoms with Gasteiger partial charge in [-0.3, -0.25) is 0 Å². The summed E-state index contributed by atoms with van der Waals surface area (Å²) in [6, 6.07) is 23.0. The van der Waals surface area contributed by atoms with Gasteiger partial charge in [0.1, 0.15) is 29.6 Å². The Labute approximate surface area is 189 Å². The molecule has 5 rings (SSSR count). The fraction of sp³-hybridized carbons (Fsp3) is 0.0800. The van der Waals surface area contributed by atoms with Gasteiger partial charge in [-0.05, 0) is 35.9 Å². The van der Waals surface area contributed by atoms with Gasteiger partial charge in [0.05, 0.1) is 13.4 Å². The molecule has 0 aliphatic heterocycles. The lowest BCUT2D eigenvalue weighted by atomic mass is 10.2. The Morgan fingerprint density at radius 2 is 1.82 bits per heavy atom. The van der Waals surface area contributed by atoms with Crippen molar-refractivity contribution in [3.8, 4) is 40.4 Å². The van der Waals surface area contributed by atoms with Gasteiger partial charge in [-0.25, -0.2) is 19.0 Å². The molecule has 7 nitrogen and oxygen atoms in total. The molecule has 0 atom stereocenters. The van der Waals surface area contributed by atoms with Crippen molar-refractivity contribution < 1.29 is 18.3 Å². The predicted molar refractivity (Wildman–Crippen MR) is 120 cm³/mol. The van der Waals surface area contributed by atoms with E-state index in [0.29, 0.717) is 47.0 Å². The number of ether oxygens (including phenoxy) is 2. The second-order valence-corrected chi connectivity index (χ2v) is 7.10. The second-order valence-electron chi connectivity index (χ2n) is 7.10. The van der Waals surface area contributed by atoms with Crippen LogP contribution in [0, 0.1) is 5.82 Å². The molecule has 0 aliphatic carbocycles. The van der Waals surface area contributed by atoms with Crippen LogP contribution in [0.3, 0.4) is 0 Å². The van der Waals surface area contributed by atoms with Gasteiger partial charge in [-0.1, -0.05) is 36.4 Å². The Hall–Kier alpha value is -4.46. The molecule has 8 heteroatoms. The molecule has 0 bridgehead atoms. The van der Waals surface area contributed by atoms with Gasteiger partial charge in [0.25, 0.3) is 0 Å². The van der Waals surface area contributed by atoms with Crippen molar-refractivity contribution in [1.29, 1.82) is 0 Å². The summed E-state index contributed by atoms with van der Waals surface area (Å²) in [5.74, 6) is 1.63. The van der Waals surface area contributed by atoms with Crippen molar-refractivity contribution in [1.82, 2.24) is 19.7 Å². The van der Waals surface area contributed by atoms with Crippen LogP contribution in [0.4, 0.5) is 4.39 Å². The zero-order chi connectivity index (χ0) is 22.6. The van der Waals surface area contributed by atoms with Crippen molar-refractivity contribution in [2.24, 2.45) is 0 Å². The number of rotatable bonds is 7. The van der Waals surface area contributed by atoms with Crippen LogP contribution in [0.2, 0.25) is 0 Å². The Bertz CT molecular complexity index is 1370. The third-order valence-corrected chi connectivity index (χ3v) is 4.90. The molecule has 0 spiro atoms. The first-order valence-corrected chi connectivity index (χ1v) is 10.2. The molecule has 0 saturated carbocycles. The van der Waals surface area contributed by atoms with E-state index in [2.05, 4.69) is 15.1 Å². The Morgan fingerprint density at radius 3 is 2.61 bits per heavy atom. The van der Waals surface area contributed by atoms with Crippen molar-refractivity contribution in [2.45, 2.75) is 6.61 Å². The highest BCUT2D eigenvalue weighted by Crippen LogP contribution is 2.30. The van der Waals surface area contributed by atoms with Gasteiger partial charge in [0.15, 0.2) is 11.6 Å². The van der Waals surface area contributed by atoms with E-state index in [1.807, 2.05) is 36.4 Å². The molecule has 164 valence electrons. The van der Waals surface area contributed by atoms with Crippen molar-refractivity contribution in [3.05, 3.63) is 96.5 Å². The number of nitrogens with zero attached hydrogens (tertiary/aromatic N) is 4. The van der Waals surface area contributed by atoms with Gasteiger partial charge >= 0.3 is 0 Å². The van der Waals surface area contributed by atoms with Crippen LogP contribution >= 0.6 is 0 Å². The summed E-state index contributed by atoms with van der Waals surface area (Å²) < 4.78 is 32.1. The molecular formula is C25H19FN4O3. The van der Waals surface area contributed by atoms with Crippen molar-refractivity contribution in [2.75, 3.05) is 7.11 Å². The molecule has 33 heavy (non-hydrogen) atoms. The first kappa shape index (κ1) is 20.4. The van der Waals surface area contributed by atoms with Gasteiger partial charge in [0.2, 0.25) is 11.7 Å². The van der Waals surface area contributed by atoms with E-state index in [1.54, 1.807) is 41.3 Å². The first-order chi connectivity index (χ1) is 16.2. The van der Waals surface area contributed by atoms with Crippen molar-refractivity contribution >= 4 is 0 Å². The minimum Gasteiger partial charge on any atom is -0.494 e. The van der Waals surface area contributed by atoms with Gasteiger partial charge in [-0.2, -0.15) is 0 Å². The minimum atomic E-state index is -0.416. The van der Waals surface area contributed by atoms with E-state index < -0.39 is 5.82 Å². The fourth-order valence-corrected chi connectivity index (χ4v) is 3.33. The molecule has 2 aromatic carbocycles. The summed E-state index contributed by atoms with van der Waals surface area (Å²) in [6.45, 7) is 0.392. The molecule has 0 radical (unpaired) electrons. The standard InChI is InChI=1S/C25H19FN4O3/c1-31-22-15-18(26)12-13-20(22)30-25(21-10-6-14-32-21)28-24(29-30)19-9-5-11-23(27-19)33-16-17-7-3-2-4-8-17/h2-15H,16H2,1H3. The quantitative estimate of drug-likeness (QED) is 0.340. The number of hydrogen-bond acceptors (Lipinski definition) is 6. The lowest BCUT2D eigenvalue weighted by Gasteiger charge is -2.09. The van der Waals surface area contributed by atoms with E-state index in [9.17, 15) is 4.39 Å². The average Bonchev–Trinajstić information content (AvgIpc) is 3.54. The molecule has 0 saturated heterocycles. The van der Waals surface area contributed by atoms with Crippen LogP contribution < -0.4 is 9.47 Å². The summed E-state index contributed by atoms with van der Waals surface area (Å²) in [7, 11) is 1.47. The van der Waals surface area contributed by atoms with Crippen LogP contribution in [0.1, 0.15) is 5.56 Å². The van der Waals surface area contributed by atoms with Crippen LogP contribution in [0.25, 0.3) is 28.8 Å². The minimum absolute atomic E-state index is 0.312. The molecule has 0 fully saturated rings. The topological polar surface area (TPSA) is 75.2 Å². The zero-order valence-corrected chi connectivity index (χ0v) is 17.7. The second kappa shape index (κ2) is 8.96. The Morgan fingerprint density at radius 1 is 0.939 bits per heavy atom. The van der Waals surface area contributed by atoms with Crippen LogP contribution in [-0.2, 0) is 6.61 Å². The highest BCUT2D eigenvalue weighted by Gasteiger charge is 2.20. The van der Waals surface area contributed by atoms with Crippen molar-refractivity contribution in [3.63, 3.8) is 0 Å². The van der Waals surface area contributed by atoms with Gasteiger partial charge in [-0.15, -0.1) is 5.10 Å². The summed E-state index contributed by atoms with van der Waals surface area (Å²) in [5.41, 5.74) is 2.07. The number of halogens is 1. The zero-order valence-electron chi connectivity index (χ0n) is 17.7. The number of pyridine rings is 1. The number of benzene rings is 2.